The minimum atomic E-state index is 0. The molecule has 50 valence electrons. The van der Waals surface area contributed by atoms with Gasteiger partial charge in [-0.15, -0.1) is 0 Å². The summed E-state index contributed by atoms with van der Waals surface area (Å²) >= 11 is 3.39. The average Bonchev–Trinajstić information content (AvgIpc) is 1.71. The Labute approximate surface area is 73.7 Å². The van der Waals surface area contributed by atoms with E-state index in [-0.39, 0.29) is 5.48 Å². The van der Waals surface area contributed by atoms with Gasteiger partial charge in [0.15, 0.2) is 0 Å². The topological polar surface area (TPSA) is 28.5 Å². The zero-order valence-electron chi connectivity index (χ0n) is 6.68. The van der Waals surface area contributed by atoms with E-state index in [0.29, 0.717) is 0 Å². The molecule has 0 bridgehead atoms. The van der Waals surface area contributed by atoms with Crippen molar-refractivity contribution >= 4 is 31.5 Å². The molecule has 9 heavy (non-hydrogen) atoms. The van der Waals surface area contributed by atoms with Crippen LogP contribution in [0.3, 0.4) is 0 Å². The molecule has 0 aromatic carbocycles. The van der Waals surface area contributed by atoms with Gasteiger partial charge >= 0.3 is 68.1 Å². The molecule has 3 heteroatoms. The van der Waals surface area contributed by atoms with Crippen LogP contribution in [0.4, 0.5) is 0 Å². The van der Waals surface area contributed by atoms with Crippen LogP contribution in [0.2, 0.25) is 15.8 Å². The molecule has 0 aromatic heterocycles. The quantitative estimate of drug-likeness (QED) is 0.549. The Kier molecular flexibility index (Phi) is 42.3. The SMILES string of the molecule is C[CH2][Al+2].C[CH2][Al+][CH2]C.[O-2]. The number of hydrogen-bond acceptors (Lipinski definition) is 0. The molecule has 0 saturated heterocycles. The van der Waals surface area contributed by atoms with Crippen LogP contribution < -0.4 is 0 Å². The van der Waals surface area contributed by atoms with Gasteiger partial charge in [-0.2, -0.15) is 0 Å². The molecule has 0 saturated carbocycles. The standard InChI is InChI=1S/3C2H5.2Al.O/c3*1-2;;;/h3*1H2,2H3;;;/q;;;+1;+2;-2. The molecule has 0 amide bonds. The molecule has 0 unspecified atom stereocenters. The second kappa shape index (κ2) is 23.0. The van der Waals surface area contributed by atoms with Crippen molar-refractivity contribution in [3.05, 3.63) is 0 Å². The maximum atomic E-state index is 2.58. The molecular weight excluding hydrogens is 142 g/mol. The Bertz CT molecular complexity index is 25.0. The van der Waals surface area contributed by atoms with E-state index in [0.717, 1.165) is 15.2 Å². The Morgan fingerprint density at radius 2 is 1.33 bits per heavy atom. The van der Waals surface area contributed by atoms with Crippen molar-refractivity contribution < 1.29 is 5.48 Å². The first-order valence-corrected chi connectivity index (χ1v) is 5.80. The maximum Gasteiger partial charge on any atom is -2.00 e. The van der Waals surface area contributed by atoms with E-state index in [4.69, 9.17) is 0 Å². The molecule has 0 atom stereocenters. The van der Waals surface area contributed by atoms with Crippen molar-refractivity contribution in [2.24, 2.45) is 0 Å². The summed E-state index contributed by atoms with van der Waals surface area (Å²) in [4.78, 5) is 0. The smallest absolute Gasteiger partial charge is 2.00 e. The van der Waals surface area contributed by atoms with Crippen molar-refractivity contribution in [2.45, 2.75) is 36.6 Å². The van der Waals surface area contributed by atoms with Gasteiger partial charge in [0.25, 0.3) is 0 Å². The summed E-state index contributed by atoms with van der Waals surface area (Å²) in [6, 6.07) is 0. The van der Waals surface area contributed by atoms with Gasteiger partial charge in [0, 0.05) is 0 Å². The van der Waals surface area contributed by atoms with Crippen LogP contribution >= 0.6 is 0 Å². The van der Waals surface area contributed by atoms with Crippen LogP contribution in [0.25, 0.3) is 0 Å². The van der Waals surface area contributed by atoms with Gasteiger partial charge in [0.05, 0.1) is 0 Å². The van der Waals surface area contributed by atoms with Crippen LogP contribution in [0, 0.1) is 0 Å². The Balaban J connectivity index is -0.0000000800. The monoisotopic (exact) mass is 157 g/mol. The van der Waals surface area contributed by atoms with Crippen molar-refractivity contribution in [2.75, 3.05) is 0 Å². The summed E-state index contributed by atoms with van der Waals surface area (Å²) in [5.74, 6) is 0. The zero-order chi connectivity index (χ0) is 6.83. The zero-order valence-corrected chi connectivity index (χ0v) is 8.99. The van der Waals surface area contributed by atoms with Gasteiger partial charge in [0.1, 0.15) is 0 Å². The van der Waals surface area contributed by atoms with Crippen molar-refractivity contribution in [3.8, 4) is 0 Å². The fraction of sp³-hybridized carbons (Fsp3) is 1.00. The first-order chi connectivity index (χ1) is 3.83. The van der Waals surface area contributed by atoms with Crippen LogP contribution in [0.1, 0.15) is 20.8 Å². The molecule has 0 aliphatic carbocycles. The fourth-order valence-corrected chi connectivity index (χ4v) is 0.866. The van der Waals surface area contributed by atoms with Crippen LogP contribution in [0.15, 0.2) is 0 Å². The van der Waals surface area contributed by atoms with E-state index >= 15 is 0 Å². The van der Waals surface area contributed by atoms with Crippen molar-refractivity contribution in [3.63, 3.8) is 0 Å². The van der Waals surface area contributed by atoms with Gasteiger partial charge in [0.2, 0.25) is 0 Å². The van der Waals surface area contributed by atoms with Crippen molar-refractivity contribution in [1.82, 2.24) is 0 Å². The van der Waals surface area contributed by atoms with Crippen LogP contribution in [-0.4, -0.2) is 31.5 Å². The summed E-state index contributed by atoms with van der Waals surface area (Å²) in [6.07, 6.45) is 0. The third kappa shape index (κ3) is 48.7. The van der Waals surface area contributed by atoms with Gasteiger partial charge in [-0.1, -0.05) is 0 Å². The van der Waals surface area contributed by atoms with Gasteiger partial charge in [-0.25, -0.2) is 0 Å². The average molecular weight is 157 g/mol. The van der Waals surface area contributed by atoms with E-state index in [1.807, 2.05) is 0 Å². The summed E-state index contributed by atoms with van der Waals surface area (Å²) < 4.78 is 0. The number of rotatable bonds is 2. The van der Waals surface area contributed by atoms with Crippen molar-refractivity contribution in [1.29, 1.82) is 0 Å². The van der Waals surface area contributed by atoms with E-state index in [1.165, 1.54) is 15.8 Å². The Morgan fingerprint density at radius 1 is 1.11 bits per heavy atom. The minimum absolute atomic E-state index is 0. The predicted octanol–water partition coefficient (Wildman–Crippen LogP) is 2.04. The van der Waals surface area contributed by atoms with Gasteiger partial charge in [-0.05, 0) is 0 Å². The molecule has 0 rings (SSSR count). The molecule has 0 spiro atoms. The van der Waals surface area contributed by atoms with E-state index in [9.17, 15) is 0 Å². The second-order valence-corrected chi connectivity index (χ2v) is 4.54. The first-order valence-electron chi connectivity index (χ1n) is 3.35. The maximum absolute atomic E-state index is 2.58. The number of hydrogen-bond donors (Lipinski definition) is 0. The Morgan fingerprint density at radius 3 is 1.33 bits per heavy atom. The molecule has 0 aromatic rings. The van der Waals surface area contributed by atoms with E-state index in [1.54, 1.807) is 0 Å². The Hall–Kier alpha value is 1.02. The predicted molar refractivity (Wildman–Crippen MR) is 43.6 cm³/mol. The minimum Gasteiger partial charge on any atom is -2.00 e. The van der Waals surface area contributed by atoms with Crippen LogP contribution in [-0.2, 0) is 5.48 Å². The fourth-order valence-electron chi connectivity index (χ4n) is 0.289. The third-order valence-corrected chi connectivity index (χ3v) is 1.73. The largest absolute Gasteiger partial charge is 2.00 e. The summed E-state index contributed by atoms with van der Waals surface area (Å²) in [5.41, 5.74) is 0. The molecular formula is C6H15Al2O+. The van der Waals surface area contributed by atoms with Gasteiger partial charge < -0.3 is 5.48 Å². The van der Waals surface area contributed by atoms with Gasteiger partial charge in [-0.3, -0.25) is 0 Å². The van der Waals surface area contributed by atoms with E-state index < -0.39 is 0 Å². The molecule has 0 heterocycles. The second-order valence-electron chi connectivity index (χ2n) is 1.51. The molecule has 0 aliphatic heterocycles. The normalized spacial score (nSPS) is 5.89. The first kappa shape index (κ1) is 16.5. The molecule has 1 nitrogen and oxygen atoms in total. The molecule has 0 fully saturated rings. The van der Waals surface area contributed by atoms with Crippen LogP contribution in [0.5, 0.6) is 0 Å². The third-order valence-electron chi connectivity index (χ3n) is 0.577. The summed E-state index contributed by atoms with van der Waals surface area (Å²) in [6.45, 7) is 6.59. The molecule has 0 aliphatic rings. The summed E-state index contributed by atoms with van der Waals surface area (Å²) in [7, 11) is 0. The molecule has 0 radical (unpaired) electrons. The summed E-state index contributed by atoms with van der Waals surface area (Å²) in [5, 5.41) is 4.02. The van der Waals surface area contributed by atoms with E-state index in [2.05, 4.69) is 37.1 Å². The molecule has 0 N–H and O–H groups in total.